The van der Waals surface area contributed by atoms with Crippen molar-refractivity contribution in [1.82, 2.24) is 10.6 Å². The molecule has 0 bridgehead atoms. The van der Waals surface area contributed by atoms with Gasteiger partial charge in [0.15, 0.2) is 0 Å². The third-order valence-electron chi connectivity index (χ3n) is 2.33. The molecule has 1 aliphatic rings. The summed E-state index contributed by atoms with van der Waals surface area (Å²) in [6.45, 7) is 4.04. The summed E-state index contributed by atoms with van der Waals surface area (Å²) in [4.78, 5) is 22.7. The van der Waals surface area contributed by atoms with Crippen LogP contribution in [0.25, 0.3) is 0 Å². The van der Waals surface area contributed by atoms with Crippen molar-refractivity contribution in [3.8, 4) is 0 Å². The maximum absolute atomic E-state index is 11.4. The van der Waals surface area contributed by atoms with E-state index in [0.29, 0.717) is 19.4 Å². The molecule has 0 heterocycles. The second-order valence-electron chi connectivity index (χ2n) is 3.75. The first kappa shape index (κ1) is 11.0. The maximum atomic E-state index is 11.4. The lowest BCUT2D eigenvalue weighted by Crippen LogP contribution is -2.51. The van der Waals surface area contributed by atoms with Crippen molar-refractivity contribution in [2.24, 2.45) is 5.73 Å². The number of amides is 2. The molecule has 1 fully saturated rings. The van der Waals surface area contributed by atoms with Gasteiger partial charge < -0.3 is 16.4 Å². The van der Waals surface area contributed by atoms with Crippen LogP contribution in [0.3, 0.4) is 0 Å². The lowest BCUT2D eigenvalue weighted by Gasteiger charge is -2.15. The van der Waals surface area contributed by atoms with Gasteiger partial charge in [-0.1, -0.05) is 0 Å². The monoisotopic (exact) mass is 199 g/mol. The summed E-state index contributed by atoms with van der Waals surface area (Å²) >= 11 is 0. The van der Waals surface area contributed by atoms with Crippen molar-refractivity contribution in [2.75, 3.05) is 6.54 Å². The number of carbonyl (C=O) groups is 2. The molecule has 1 rings (SSSR count). The van der Waals surface area contributed by atoms with Crippen molar-refractivity contribution >= 4 is 11.8 Å². The molecule has 1 aliphatic carbocycles. The molecule has 0 saturated heterocycles. The van der Waals surface area contributed by atoms with Crippen LogP contribution in [0.1, 0.15) is 26.7 Å². The highest BCUT2D eigenvalue weighted by Gasteiger charge is 2.46. The molecule has 1 unspecified atom stereocenters. The van der Waals surface area contributed by atoms with Crippen LogP contribution in [0.5, 0.6) is 0 Å². The summed E-state index contributed by atoms with van der Waals surface area (Å²) in [6.07, 6.45) is 1.42. The quantitative estimate of drug-likeness (QED) is 0.549. The highest BCUT2D eigenvalue weighted by molar-refractivity contribution is 5.93. The minimum Gasteiger partial charge on any atom is -0.355 e. The largest absolute Gasteiger partial charge is 0.355 e. The van der Waals surface area contributed by atoms with Crippen LogP contribution >= 0.6 is 0 Å². The molecule has 1 saturated carbocycles. The van der Waals surface area contributed by atoms with Gasteiger partial charge >= 0.3 is 0 Å². The van der Waals surface area contributed by atoms with E-state index < -0.39 is 11.6 Å². The van der Waals surface area contributed by atoms with Gasteiger partial charge in [0.1, 0.15) is 6.04 Å². The first-order chi connectivity index (χ1) is 6.49. The van der Waals surface area contributed by atoms with E-state index in [4.69, 9.17) is 5.73 Å². The molecule has 0 spiro atoms. The molecule has 0 aliphatic heterocycles. The van der Waals surface area contributed by atoms with E-state index in [9.17, 15) is 9.59 Å². The Kier molecular flexibility index (Phi) is 3.10. The smallest absolute Gasteiger partial charge is 0.242 e. The Balaban J connectivity index is 2.36. The van der Waals surface area contributed by atoms with Crippen molar-refractivity contribution < 1.29 is 9.59 Å². The number of hydrogen-bond donors (Lipinski definition) is 3. The second-order valence-corrected chi connectivity index (χ2v) is 3.75. The molecule has 2 amide bonds. The van der Waals surface area contributed by atoms with Crippen LogP contribution in [0.15, 0.2) is 0 Å². The Morgan fingerprint density at radius 1 is 1.50 bits per heavy atom. The summed E-state index contributed by atoms with van der Waals surface area (Å²) in [5.74, 6) is -0.402. The van der Waals surface area contributed by atoms with Crippen LogP contribution in [0, 0.1) is 0 Å². The normalized spacial score (nSPS) is 19.6. The molecule has 1 atom stereocenters. The van der Waals surface area contributed by atoms with Crippen LogP contribution in [-0.4, -0.2) is 29.9 Å². The fourth-order valence-electron chi connectivity index (χ4n) is 1.09. The fourth-order valence-corrected chi connectivity index (χ4v) is 1.09. The van der Waals surface area contributed by atoms with Crippen LogP contribution in [0.2, 0.25) is 0 Å². The summed E-state index contributed by atoms with van der Waals surface area (Å²) in [5.41, 5.74) is 4.96. The number of likely N-dealkylation sites (N-methyl/N-ethyl adjacent to an activating group) is 1. The standard InChI is InChI=1S/C9H17N3O2/c1-3-11-7(13)6(2)12-8(14)9(10)4-5-9/h6H,3-5,10H2,1-2H3,(H,11,13)(H,12,14). The zero-order valence-electron chi connectivity index (χ0n) is 8.59. The minimum absolute atomic E-state index is 0.176. The van der Waals surface area contributed by atoms with Gasteiger partial charge in [-0.2, -0.15) is 0 Å². The van der Waals surface area contributed by atoms with Crippen LogP contribution < -0.4 is 16.4 Å². The molecule has 5 heteroatoms. The van der Waals surface area contributed by atoms with E-state index >= 15 is 0 Å². The Hall–Kier alpha value is -1.10. The van der Waals surface area contributed by atoms with Gasteiger partial charge in [0, 0.05) is 6.54 Å². The Bertz CT molecular complexity index is 248. The van der Waals surface area contributed by atoms with Gasteiger partial charge in [0.25, 0.3) is 0 Å². The van der Waals surface area contributed by atoms with Crippen molar-refractivity contribution in [2.45, 2.75) is 38.3 Å². The lowest BCUT2D eigenvalue weighted by atomic mass is 10.2. The van der Waals surface area contributed by atoms with Gasteiger partial charge in [-0.3, -0.25) is 9.59 Å². The van der Waals surface area contributed by atoms with Gasteiger partial charge in [-0.05, 0) is 26.7 Å². The Labute approximate surface area is 83.4 Å². The number of carbonyl (C=O) groups excluding carboxylic acids is 2. The van der Waals surface area contributed by atoms with Crippen molar-refractivity contribution in [1.29, 1.82) is 0 Å². The molecule has 0 aromatic heterocycles. The Morgan fingerprint density at radius 2 is 2.07 bits per heavy atom. The summed E-state index contributed by atoms with van der Waals surface area (Å²) in [6, 6.07) is -0.511. The number of nitrogens with two attached hydrogens (primary N) is 1. The molecule has 0 aromatic rings. The SMILES string of the molecule is CCNC(=O)C(C)NC(=O)C1(N)CC1. The topological polar surface area (TPSA) is 84.2 Å². The third-order valence-corrected chi connectivity index (χ3v) is 2.33. The molecular formula is C9H17N3O2. The van der Waals surface area contributed by atoms with Crippen LogP contribution in [0.4, 0.5) is 0 Å². The fraction of sp³-hybridized carbons (Fsp3) is 0.778. The van der Waals surface area contributed by atoms with E-state index in [-0.39, 0.29) is 11.8 Å². The second kappa shape index (κ2) is 3.96. The van der Waals surface area contributed by atoms with E-state index in [1.54, 1.807) is 6.92 Å². The number of nitrogens with one attached hydrogen (secondary N) is 2. The van der Waals surface area contributed by atoms with Gasteiger partial charge in [0.05, 0.1) is 5.54 Å². The van der Waals surface area contributed by atoms with Gasteiger partial charge in [-0.15, -0.1) is 0 Å². The summed E-state index contributed by atoms with van der Waals surface area (Å²) < 4.78 is 0. The van der Waals surface area contributed by atoms with E-state index in [1.807, 2.05) is 6.92 Å². The predicted molar refractivity (Wildman–Crippen MR) is 52.4 cm³/mol. The first-order valence-corrected chi connectivity index (χ1v) is 4.87. The summed E-state index contributed by atoms with van der Waals surface area (Å²) in [5, 5.41) is 5.22. The summed E-state index contributed by atoms with van der Waals surface area (Å²) in [7, 11) is 0. The number of hydrogen-bond acceptors (Lipinski definition) is 3. The molecule has 0 radical (unpaired) electrons. The average molecular weight is 199 g/mol. The minimum atomic E-state index is -0.708. The van der Waals surface area contributed by atoms with Crippen LogP contribution in [-0.2, 0) is 9.59 Å². The molecular weight excluding hydrogens is 182 g/mol. The van der Waals surface area contributed by atoms with Crippen molar-refractivity contribution in [3.05, 3.63) is 0 Å². The average Bonchev–Trinajstić information content (AvgIpc) is 2.85. The molecule has 0 aromatic carbocycles. The third kappa shape index (κ3) is 2.45. The van der Waals surface area contributed by atoms with E-state index in [2.05, 4.69) is 10.6 Å². The Morgan fingerprint density at radius 3 is 2.50 bits per heavy atom. The van der Waals surface area contributed by atoms with Crippen molar-refractivity contribution in [3.63, 3.8) is 0 Å². The zero-order valence-corrected chi connectivity index (χ0v) is 8.59. The lowest BCUT2D eigenvalue weighted by molar-refractivity contribution is -0.129. The van der Waals surface area contributed by atoms with E-state index in [1.165, 1.54) is 0 Å². The van der Waals surface area contributed by atoms with E-state index in [0.717, 1.165) is 0 Å². The highest BCUT2D eigenvalue weighted by Crippen LogP contribution is 2.32. The molecule has 80 valence electrons. The number of rotatable bonds is 4. The highest BCUT2D eigenvalue weighted by atomic mass is 16.2. The molecule has 14 heavy (non-hydrogen) atoms. The molecule has 5 nitrogen and oxygen atoms in total. The van der Waals surface area contributed by atoms with Gasteiger partial charge in [0.2, 0.25) is 11.8 Å². The van der Waals surface area contributed by atoms with Gasteiger partial charge in [-0.25, -0.2) is 0 Å². The first-order valence-electron chi connectivity index (χ1n) is 4.87. The molecule has 4 N–H and O–H groups in total. The predicted octanol–water partition coefficient (Wildman–Crippen LogP) is -0.881. The zero-order chi connectivity index (χ0) is 10.8. The maximum Gasteiger partial charge on any atom is 0.242 e.